The fourth-order valence-electron chi connectivity index (χ4n) is 5.88. The Bertz CT molecular complexity index is 645. The lowest BCUT2D eigenvalue weighted by atomic mass is 9.50. The Hall–Kier alpha value is -0.700. The summed E-state index contributed by atoms with van der Waals surface area (Å²) in [6.45, 7) is 1.41. The van der Waals surface area contributed by atoms with Crippen molar-refractivity contribution in [2.75, 3.05) is 31.1 Å². The van der Waals surface area contributed by atoms with Gasteiger partial charge in [0, 0.05) is 38.9 Å². The van der Waals surface area contributed by atoms with Crippen molar-refractivity contribution in [3.05, 3.63) is 0 Å². The van der Waals surface area contributed by atoms with E-state index in [9.17, 15) is 23.4 Å². The van der Waals surface area contributed by atoms with Crippen LogP contribution in [0.15, 0.2) is 0 Å². The van der Waals surface area contributed by atoms with E-state index < -0.39 is 26.6 Å². The summed E-state index contributed by atoms with van der Waals surface area (Å²) in [4.78, 5) is 14.4. The molecule has 4 aliphatic carbocycles. The Morgan fingerprint density at radius 2 is 1.64 bits per heavy atom. The van der Waals surface area contributed by atoms with Gasteiger partial charge in [-0.25, -0.2) is 8.42 Å². The van der Waals surface area contributed by atoms with Gasteiger partial charge in [-0.1, -0.05) is 0 Å². The minimum absolute atomic E-state index is 0.147. The Labute approximate surface area is 148 Å². The number of aliphatic hydroxyl groups is 2. The molecule has 1 heterocycles. The van der Waals surface area contributed by atoms with E-state index in [-0.39, 0.29) is 29.8 Å². The van der Waals surface area contributed by atoms with Crippen LogP contribution in [-0.4, -0.2) is 77.4 Å². The first-order valence-corrected chi connectivity index (χ1v) is 11.0. The number of esters is 1. The third-order valence-corrected chi connectivity index (χ3v) is 7.97. The molecule has 0 aromatic rings. The van der Waals surface area contributed by atoms with Gasteiger partial charge in [0.2, 0.25) is 0 Å². The van der Waals surface area contributed by atoms with Crippen LogP contribution < -0.4 is 0 Å². The third kappa shape index (κ3) is 3.59. The molecule has 4 bridgehead atoms. The molecule has 2 N–H and O–H groups in total. The molecule has 5 fully saturated rings. The highest BCUT2D eigenvalue weighted by atomic mass is 32.2. The van der Waals surface area contributed by atoms with E-state index in [0.29, 0.717) is 51.7 Å². The quantitative estimate of drug-likeness (QED) is 0.660. The average molecular weight is 373 g/mol. The van der Waals surface area contributed by atoms with Crippen LogP contribution >= 0.6 is 0 Å². The molecule has 8 heteroatoms. The van der Waals surface area contributed by atoms with E-state index in [0.717, 1.165) is 6.42 Å². The minimum atomic E-state index is -2.92. The third-order valence-electron chi connectivity index (χ3n) is 6.36. The van der Waals surface area contributed by atoms with Crippen molar-refractivity contribution >= 4 is 15.8 Å². The predicted octanol–water partition coefficient (Wildman–Crippen LogP) is -0.151. The van der Waals surface area contributed by atoms with E-state index >= 15 is 0 Å². The van der Waals surface area contributed by atoms with E-state index in [1.54, 1.807) is 0 Å². The summed E-state index contributed by atoms with van der Waals surface area (Å²) in [5.74, 6) is 0.190. The largest absolute Gasteiger partial charge is 0.459 e. The maximum Gasteiger partial charge on any atom is 0.307 e. The zero-order valence-electron chi connectivity index (χ0n) is 14.4. The molecule has 1 saturated heterocycles. The number of ether oxygens (including phenoxy) is 1. The first-order valence-electron chi connectivity index (χ1n) is 9.18. The number of carbonyl (C=O) groups is 1. The molecule has 5 aliphatic rings. The van der Waals surface area contributed by atoms with Crippen molar-refractivity contribution in [3.8, 4) is 0 Å². The van der Waals surface area contributed by atoms with E-state index in [1.165, 1.54) is 0 Å². The molecule has 4 saturated carbocycles. The predicted molar refractivity (Wildman–Crippen MR) is 89.6 cm³/mol. The highest BCUT2D eigenvalue weighted by Crippen LogP contribution is 2.60. The van der Waals surface area contributed by atoms with E-state index in [2.05, 4.69) is 0 Å². The summed E-state index contributed by atoms with van der Waals surface area (Å²) < 4.78 is 28.7. The summed E-state index contributed by atoms with van der Waals surface area (Å²) >= 11 is 0. The summed E-state index contributed by atoms with van der Waals surface area (Å²) in [6, 6.07) is 0. The molecule has 0 aromatic carbocycles. The number of hydrogen-bond acceptors (Lipinski definition) is 7. The van der Waals surface area contributed by atoms with Gasteiger partial charge in [-0.2, -0.15) is 0 Å². The Balaban J connectivity index is 1.34. The smallest absolute Gasteiger partial charge is 0.307 e. The normalized spacial score (nSPS) is 45.4. The lowest BCUT2D eigenvalue weighted by Crippen LogP contribution is -2.67. The van der Waals surface area contributed by atoms with E-state index in [1.807, 2.05) is 4.90 Å². The molecule has 25 heavy (non-hydrogen) atoms. The van der Waals surface area contributed by atoms with Crippen LogP contribution in [-0.2, 0) is 19.4 Å². The summed E-state index contributed by atoms with van der Waals surface area (Å²) in [6.07, 6.45) is 3.55. The second-order valence-corrected chi connectivity index (χ2v) is 11.2. The van der Waals surface area contributed by atoms with Crippen molar-refractivity contribution in [2.45, 2.75) is 61.7 Å². The number of hydrogen-bond donors (Lipinski definition) is 2. The number of carbonyl (C=O) groups excluding carboxylic acids is 1. The molecule has 0 aromatic heterocycles. The lowest BCUT2D eigenvalue weighted by molar-refractivity contribution is -0.261. The number of nitrogens with zero attached hydrogens (tertiary/aromatic N) is 1. The Morgan fingerprint density at radius 1 is 1.04 bits per heavy atom. The molecule has 0 radical (unpaired) electrons. The van der Waals surface area contributed by atoms with Crippen molar-refractivity contribution < 1.29 is 28.2 Å². The number of sulfone groups is 1. The fraction of sp³-hybridized carbons (Fsp3) is 0.941. The van der Waals surface area contributed by atoms with Gasteiger partial charge in [-0.3, -0.25) is 4.79 Å². The Kier molecular flexibility index (Phi) is 4.00. The van der Waals surface area contributed by atoms with Crippen LogP contribution in [0.5, 0.6) is 0 Å². The highest BCUT2D eigenvalue weighted by Gasteiger charge is 2.64. The van der Waals surface area contributed by atoms with Crippen molar-refractivity contribution in [1.29, 1.82) is 0 Å². The van der Waals surface area contributed by atoms with Gasteiger partial charge < -0.3 is 19.8 Å². The lowest BCUT2D eigenvalue weighted by Gasteiger charge is -2.62. The van der Waals surface area contributed by atoms with Gasteiger partial charge in [0.05, 0.1) is 29.1 Å². The number of rotatable bonds is 4. The second-order valence-electron chi connectivity index (χ2n) is 8.86. The molecular weight excluding hydrogens is 346 g/mol. The minimum Gasteiger partial charge on any atom is -0.459 e. The van der Waals surface area contributed by atoms with Gasteiger partial charge in [0.25, 0.3) is 0 Å². The maximum atomic E-state index is 12.4. The van der Waals surface area contributed by atoms with E-state index in [4.69, 9.17) is 4.74 Å². The van der Waals surface area contributed by atoms with Crippen LogP contribution in [0, 0.1) is 5.92 Å². The van der Waals surface area contributed by atoms with Crippen LogP contribution in [0.1, 0.15) is 44.9 Å². The fourth-order valence-corrected chi connectivity index (χ4v) is 7.16. The molecule has 1 aliphatic heterocycles. The van der Waals surface area contributed by atoms with Gasteiger partial charge in [-0.05, 0) is 25.2 Å². The molecule has 2 unspecified atom stereocenters. The summed E-state index contributed by atoms with van der Waals surface area (Å²) in [5, 5.41) is 21.4. The first-order chi connectivity index (χ1) is 11.6. The molecule has 0 spiro atoms. The standard InChI is InChI=1S/C17H27NO6S/c19-14(1-2-18-3-5-25(22,23)6-4-18)24-17-9-13-7-15(20,11-17)10-16(21,8-13)12-17/h13,20-21H,1-12H2. The van der Waals surface area contributed by atoms with Gasteiger partial charge in [0.15, 0.2) is 9.84 Å². The first kappa shape index (κ1) is 17.7. The van der Waals surface area contributed by atoms with Crippen molar-refractivity contribution in [1.82, 2.24) is 4.90 Å². The Morgan fingerprint density at radius 3 is 2.20 bits per heavy atom. The molecule has 0 amide bonds. The highest BCUT2D eigenvalue weighted by molar-refractivity contribution is 7.91. The zero-order chi connectivity index (χ0) is 17.9. The maximum absolute atomic E-state index is 12.4. The molecule has 7 nitrogen and oxygen atoms in total. The van der Waals surface area contributed by atoms with Gasteiger partial charge in [0.1, 0.15) is 5.60 Å². The molecule has 2 atom stereocenters. The molecule has 142 valence electrons. The van der Waals surface area contributed by atoms with Crippen LogP contribution in [0.2, 0.25) is 0 Å². The summed E-state index contributed by atoms with van der Waals surface area (Å²) in [5.41, 5.74) is -2.55. The van der Waals surface area contributed by atoms with Crippen LogP contribution in [0.25, 0.3) is 0 Å². The van der Waals surface area contributed by atoms with Crippen LogP contribution in [0.3, 0.4) is 0 Å². The zero-order valence-corrected chi connectivity index (χ0v) is 15.3. The summed E-state index contributed by atoms with van der Waals surface area (Å²) in [7, 11) is -2.92. The van der Waals surface area contributed by atoms with Crippen LogP contribution in [0.4, 0.5) is 0 Å². The van der Waals surface area contributed by atoms with Crippen molar-refractivity contribution in [2.24, 2.45) is 5.92 Å². The topological polar surface area (TPSA) is 104 Å². The molecular formula is C17H27NO6S. The van der Waals surface area contributed by atoms with Gasteiger partial charge in [-0.15, -0.1) is 0 Å². The monoisotopic (exact) mass is 373 g/mol. The van der Waals surface area contributed by atoms with Gasteiger partial charge >= 0.3 is 5.97 Å². The second kappa shape index (κ2) is 5.65. The SMILES string of the molecule is O=C(CCN1CCS(=O)(=O)CC1)OC12CC3CC(O)(CC(O)(C3)C1)C2. The van der Waals surface area contributed by atoms with Crippen molar-refractivity contribution in [3.63, 3.8) is 0 Å². The molecule has 5 rings (SSSR count). The average Bonchev–Trinajstić information content (AvgIpc) is 2.41.